The number of aromatic nitrogens is 1. The van der Waals surface area contributed by atoms with E-state index in [9.17, 15) is 9.18 Å². The molecule has 1 heterocycles. The molecule has 3 aromatic rings. The molecule has 0 aliphatic carbocycles. The Hall–Kier alpha value is -2.07. The van der Waals surface area contributed by atoms with Crippen molar-refractivity contribution in [2.75, 3.05) is 0 Å². The molecule has 0 spiro atoms. The topological polar surface area (TPSA) is 46.0 Å². The van der Waals surface area contributed by atoms with Gasteiger partial charge in [-0.1, -0.05) is 18.2 Å². The van der Waals surface area contributed by atoms with Crippen molar-refractivity contribution < 1.29 is 8.81 Å². The first-order valence-corrected chi connectivity index (χ1v) is 6.51. The number of rotatable bonds is 2. The van der Waals surface area contributed by atoms with E-state index in [0.717, 1.165) is 11.1 Å². The van der Waals surface area contributed by atoms with Gasteiger partial charge in [0.25, 0.3) is 0 Å². The van der Waals surface area contributed by atoms with Gasteiger partial charge in [0, 0.05) is 0 Å². The van der Waals surface area contributed by atoms with Gasteiger partial charge in [-0.25, -0.2) is 9.18 Å². The van der Waals surface area contributed by atoms with Gasteiger partial charge in [0.2, 0.25) is 0 Å². The van der Waals surface area contributed by atoms with Crippen LogP contribution in [0.5, 0.6) is 0 Å². The number of nitrogens with one attached hydrogen (secondary N) is 1. The summed E-state index contributed by atoms with van der Waals surface area (Å²) in [7, 11) is 0. The molecule has 1 aromatic heterocycles. The van der Waals surface area contributed by atoms with Crippen molar-refractivity contribution >= 4 is 22.7 Å². The van der Waals surface area contributed by atoms with Gasteiger partial charge in [0.05, 0.1) is 10.9 Å². The zero-order chi connectivity index (χ0) is 14.3. The lowest BCUT2D eigenvalue weighted by molar-refractivity contribution is 0.555. The van der Waals surface area contributed by atoms with E-state index in [0.29, 0.717) is 16.7 Å². The van der Waals surface area contributed by atoms with Gasteiger partial charge in [-0.3, -0.25) is 4.98 Å². The molecule has 3 rings (SSSR count). The molecule has 0 radical (unpaired) electrons. The first kappa shape index (κ1) is 12.9. The second-order valence-corrected chi connectivity index (χ2v) is 5.08. The molecule has 5 heteroatoms. The molecule has 1 atom stereocenters. The Bertz CT molecular complexity index is 837. The van der Waals surface area contributed by atoms with Gasteiger partial charge in [-0.15, -0.1) is 11.6 Å². The highest BCUT2D eigenvalue weighted by atomic mass is 35.5. The van der Waals surface area contributed by atoms with Gasteiger partial charge in [0.1, 0.15) is 5.82 Å². The molecule has 0 amide bonds. The fourth-order valence-electron chi connectivity index (χ4n) is 2.14. The number of aryl methyl sites for hydroxylation is 1. The summed E-state index contributed by atoms with van der Waals surface area (Å²) in [6.45, 7) is 1.69. The summed E-state index contributed by atoms with van der Waals surface area (Å²) in [6.07, 6.45) is 0. The Balaban J connectivity index is 2.04. The fraction of sp³-hybridized carbons (Fsp3) is 0.133. The molecule has 20 heavy (non-hydrogen) atoms. The van der Waals surface area contributed by atoms with Crippen LogP contribution in [0.3, 0.4) is 0 Å². The lowest BCUT2D eigenvalue weighted by Gasteiger charge is -2.11. The van der Waals surface area contributed by atoms with E-state index in [1.165, 1.54) is 6.07 Å². The first-order chi connectivity index (χ1) is 9.54. The van der Waals surface area contributed by atoms with E-state index in [1.807, 2.05) is 6.07 Å². The van der Waals surface area contributed by atoms with Crippen LogP contribution in [-0.2, 0) is 0 Å². The summed E-state index contributed by atoms with van der Waals surface area (Å²) < 4.78 is 18.3. The van der Waals surface area contributed by atoms with Crippen molar-refractivity contribution in [3.05, 3.63) is 69.5 Å². The number of oxazole rings is 1. The van der Waals surface area contributed by atoms with Gasteiger partial charge < -0.3 is 4.42 Å². The number of aromatic amines is 1. The quantitative estimate of drug-likeness (QED) is 0.728. The molecule has 2 aromatic carbocycles. The molecule has 102 valence electrons. The second-order valence-electron chi connectivity index (χ2n) is 4.64. The van der Waals surface area contributed by atoms with Crippen molar-refractivity contribution in [1.29, 1.82) is 0 Å². The lowest BCUT2D eigenvalue weighted by Crippen LogP contribution is -1.95. The summed E-state index contributed by atoms with van der Waals surface area (Å²) in [5.74, 6) is -0.759. The van der Waals surface area contributed by atoms with Crippen LogP contribution in [-0.4, -0.2) is 4.98 Å². The zero-order valence-corrected chi connectivity index (χ0v) is 11.4. The summed E-state index contributed by atoms with van der Waals surface area (Å²) >= 11 is 6.41. The highest BCUT2D eigenvalue weighted by molar-refractivity contribution is 6.22. The summed E-state index contributed by atoms with van der Waals surface area (Å²) in [5, 5.41) is -0.432. The van der Waals surface area contributed by atoms with E-state index in [4.69, 9.17) is 16.0 Å². The average molecular weight is 292 g/mol. The first-order valence-electron chi connectivity index (χ1n) is 6.07. The van der Waals surface area contributed by atoms with Crippen LogP contribution in [0.4, 0.5) is 4.39 Å². The Morgan fingerprint density at radius 3 is 2.65 bits per heavy atom. The van der Waals surface area contributed by atoms with Gasteiger partial charge in [-0.05, 0) is 41.8 Å². The maximum Gasteiger partial charge on any atom is 0.417 e. The minimum absolute atomic E-state index is 0.260. The Kier molecular flexibility index (Phi) is 3.10. The normalized spacial score (nSPS) is 12.8. The Morgan fingerprint density at radius 1 is 1.20 bits per heavy atom. The van der Waals surface area contributed by atoms with Crippen LogP contribution >= 0.6 is 11.6 Å². The number of hydrogen-bond donors (Lipinski definition) is 1. The molecular weight excluding hydrogens is 281 g/mol. The Morgan fingerprint density at radius 2 is 1.90 bits per heavy atom. The third kappa shape index (κ3) is 2.23. The molecule has 1 unspecified atom stereocenters. The molecular formula is C15H11ClFNO2. The molecule has 0 aliphatic heterocycles. The van der Waals surface area contributed by atoms with E-state index in [2.05, 4.69) is 4.98 Å². The molecule has 1 N–H and O–H groups in total. The van der Waals surface area contributed by atoms with Crippen molar-refractivity contribution in [1.82, 2.24) is 4.98 Å². The predicted molar refractivity (Wildman–Crippen MR) is 75.7 cm³/mol. The smallest absolute Gasteiger partial charge is 0.408 e. The number of halogens is 2. The minimum Gasteiger partial charge on any atom is -0.408 e. The summed E-state index contributed by atoms with van der Waals surface area (Å²) in [5.41, 5.74) is 3.20. The molecule has 0 aliphatic rings. The average Bonchev–Trinajstić information content (AvgIpc) is 2.80. The molecule has 0 bridgehead atoms. The highest BCUT2D eigenvalue weighted by Crippen LogP contribution is 2.31. The largest absolute Gasteiger partial charge is 0.417 e. The third-order valence-electron chi connectivity index (χ3n) is 3.21. The standard InChI is InChI=1S/C15H11ClFNO2/c1-8-6-9(2-4-11(8)17)14(16)10-3-5-12-13(7-10)20-15(19)18-12/h2-7,14H,1H3,(H,18,19). The number of alkyl halides is 1. The maximum atomic E-state index is 13.3. The van der Waals surface area contributed by atoms with Crippen molar-refractivity contribution in [3.8, 4) is 0 Å². The highest BCUT2D eigenvalue weighted by Gasteiger charge is 2.14. The van der Waals surface area contributed by atoms with Gasteiger partial charge in [0.15, 0.2) is 5.58 Å². The van der Waals surface area contributed by atoms with Crippen molar-refractivity contribution in [3.63, 3.8) is 0 Å². The number of hydrogen-bond acceptors (Lipinski definition) is 2. The molecule has 3 nitrogen and oxygen atoms in total. The third-order valence-corrected chi connectivity index (χ3v) is 3.72. The monoisotopic (exact) mass is 291 g/mol. The molecule has 0 saturated heterocycles. The van der Waals surface area contributed by atoms with Crippen molar-refractivity contribution in [2.45, 2.75) is 12.3 Å². The van der Waals surface area contributed by atoms with Crippen LogP contribution in [0, 0.1) is 12.7 Å². The zero-order valence-electron chi connectivity index (χ0n) is 10.6. The number of H-pyrrole nitrogens is 1. The maximum absolute atomic E-state index is 13.3. The SMILES string of the molecule is Cc1cc(C(Cl)c2ccc3[nH]c(=O)oc3c2)ccc1F. The number of fused-ring (bicyclic) bond motifs is 1. The van der Waals surface area contributed by atoms with E-state index in [-0.39, 0.29) is 5.82 Å². The van der Waals surface area contributed by atoms with Gasteiger partial charge in [-0.2, -0.15) is 0 Å². The predicted octanol–water partition coefficient (Wildman–Crippen LogP) is 3.90. The van der Waals surface area contributed by atoms with Crippen LogP contribution in [0.15, 0.2) is 45.6 Å². The van der Waals surface area contributed by atoms with E-state index < -0.39 is 11.1 Å². The molecule has 0 fully saturated rings. The summed E-state index contributed by atoms with van der Waals surface area (Å²) in [4.78, 5) is 13.7. The van der Waals surface area contributed by atoms with Crippen LogP contribution < -0.4 is 5.76 Å². The Labute approximate surface area is 119 Å². The van der Waals surface area contributed by atoms with E-state index in [1.54, 1.807) is 31.2 Å². The van der Waals surface area contributed by atoms with Crippen LogP contribution in [0.1, 0.15) is 22.1 Å². The second kappa shape index (κ2) is 4.80. The lowest BCUT2D eigenvalue weighted by atomic mass is 10.0. The van der Waals surface area contributed by atoms with Crippen LogP contribution in [0.2, 0.25) is 0 Å². The van der Waals surface area contributed by atoms with E-state index >= 15 is 0 Å². The van der Waals surface area contributed by atoms with Crippen molar-refractivity contribution in [2.24, 2.45) is 0 Å². The van der Waals surface area contributed by atoms with Crippen LogP contribution in [0.25, 0.3) is 11.1 Å². The number of benzene rings is 2. The molecule has 0 saturated carbocycles. The van der Waals surface area contributed by atoms with Gasteiger partial charge >= 0.3 is 5.76 Å². The summed E-state index contributed by atoms with van der Waals surface area (Å²) in [6, 6.07) is 10.0. The minimum atomic E-state index is -0.499. The fourth-order valence-corrected chi connectivity index (χ4v) is 2.41.